The molecule has 1 heterocycles. The van der Waals surface area contributed by atoms with Crippen LogP contribution in [0.4, 0.5) is 0 Å². The number of hydrogen-bond acceptors (Lipinski definition) is 5. The van der Waals surface area contributed by atoms with Gasteiger partial charge in [-0.25, -0.2) is 4.99 Å². The number of nitrogens with one attached hydrogen (secondary N) is 2. The van der Waals surface area contributed by atoms with Crippen molar-refractivity contribution in [2.75, 3.05) is 27.3 Å². The topological polar surface area (TPSA) is 85.6 Å². The summed E-state index contributed by atoms with van der Waals surface area (Å²) in [4.78, 5) is 4.75. The third-order valence-electron chi connectivity index (χ3n) is 6.31. The van der Waals surface area contributed by atoms with E-state index in [9.17, 15) is 0 Å². The van der Waals surface area contributed by atoms with Gasteiger partial charge in [0.25, 0.3) is 0 Å². The minimum Gasteiger partial charge on any atom is -0.493 e. The molecule has 8 nitrogen and oxygen atoms in total. The molecule has 32 heavy (non-hydrogen) atoms. The Balaban J connectivity index is 0.00000363. The first-order valence-corrected chi connectivity index (χ1v) is 11.1. The second kappa shape index (κ2) is 12.3. The number of rotatable bonds is 8. The van der Waals surface area contributed by atoms with Gasteiger partial charge < -0.3 is 24.7 Å². The lowest BCUT2D eigenvalue weighted by Gasteiger charge is -2.38. The maximum absolute atomic E-state index is 5.58. The molecule has 9 heteroatoms. The van der Waals surface area contributed by atoms with Gasteiger partial charge in [0.1, 0.15) is 12.4 Å². The van der Waals surface area contributed by atoms with Crippen LogP contribution in [0, 0.1) is 6.92 Å². The van der Waals surface area contributed by atoms with Crippen molar-refractivity contribution >= 4 is 29.9 Å². The summed E-state index contributed by atoms with van der Waals surface area (Å²) >= 11 is 0. The number of aryl methyl sites for hydroxylation is 1. The number of methoxy groups -OCH3 is 2. The van der Waals surface area contributed by atoms with E-state index in [1.807, 2.05) is 24.6 Å². The van der Waals surface area contributed by atoms with Crippen molar-refractivity contribution in [2.45, 2.75) is 57.9 Å². The highest BCUT2D eigenvalue weighted by Gasteiger charge is 2.34. The first-order valence-electron chi connectivity index (χ1n) is 11.1. The lowest BCUT2D eigenvalue weighted by molar-refractivity contribution is 0.288. The Hall–Kier alpha value is -2.04. The summed E-state index contributed by atoms with van der Waals surface area (Å²) in [5.41, 5.74) is 1.33. The number of aliphatic imine (C=N–C) groups is 1. The minimum atomic E-state index is 0. The smallest absolute Gasteiger partial charge is 0.191 e. The molecular weight excluding hydrogens is 519 g/mol. The van der Waals surface area contributed by atoms with Gasteiger partial charge in [-0.1, -0.05) is 25.3 Å². The number of benzene rings is 1. The van der Waals surface area contributed by atoms with Crippen molar-refractivity contribution in [3.8, 4) is 11.5 Å². The van der Waals surface area contributed by atoms with Crippen LogP contribution in [0.1, 0.15) is 56.2 Å². The Morgan fingerprint density at radius 1 is 1.09 bits per heavy atom. The SMILES string of the molecule is CCNC(=NCc1nnc(C)n1C)NCC1(c2ccc(OC)c(OC)c2)CCCCC1.I. The molecule has 1 aromatic heterocycles. The van der Waals surface area contributed by atoms with E-state index in [0.717, 1.165) is 55.0 Å². The Labute approximate surface area is 208 Å². The van der Waals surface area contributed by atoms with Crippen LogP contribution >= 0.6 is 24.0 Å². The Bertz CT molecular complexity index is 893. The Morgan fingerprint density at radius 3 is 2.41 bits per heavy atom. The van der Waals surface area contributed by atoms with Crippen LogP contribution in [0.25, 0.3) is 0 Å². The maximum Gasteiger partial charge on any atom is 0.191 e. The summed E-state index contributed by atoms with van der Waals surface area (Å²) in [6, 6.07) is 6.33. The van der Waals surface area contributed by atoms with Gasteiger partial charge >= 0.3 is 0 Å². The number of hydrogen-bond donors (Lipinski definition) is 2. The molecule has 1 fully saturated rings. The predicted molar refractivity (Wildman–Crippen MR) is 138 cm³/mol. The average Bonchev–Trinajstić information content (AvgIpc) is 3.13. The summed E-state index contributed by atoms with van der Waals surface area (Å²) in [5.74, 6) is 4.08. The molecule has 0 spiro atoms. The summed E-state index contributed by atoms with van der Waals surface area (Å²) in [6.07, 6.45) is 6.01. The number of ether oxygens (including phenoxy) is 2. The first-order chi connectivity index (χ1) is 15.0. The van der Waals surface area contributed by atoms with Gasteiger partial charge in [0.15, 0.2) is 23.3 Å². The lowest BCUT2D eigenvalue weighted by atomic mass is 9.69. The second-order valence-corrected chi connectivity index (χ2v) is 8.18. The van der Waals surface area contributed by atoms with Gasteiger partial charge in [-0.15, -0.1) is 34.2 Å². The van der Waals surface area contributed by atoms with E-state index >= 15 is 0 Å². The molecule has 1 aromatic carbocycles. The fourth-order valence-electron chi connectivity index (χ4n) is 4.30. The van der Waals surface area contributed by atoms with Crippen molar-refractivity contribution in [2.24, 2.45) is 12.0 Å². The summed E-state index contributed by atoms with van der Waals surface area (Å²) in [5, 5.41) is 15.3. The molecule has 0 amide bonds. The second-order valence-electron chi connectivity index (χ2n) is 8.18. The summed E-state index contributed by atoms with van der Waals surface area (Å²) < 4.78 is 13.0. The van der Waals surface area contributed by atoms with Crippen LogP contribution in [-0.2, 0) is 19.0 Å². The zero-order chi connectivity index (χ0) is 22.3. The molecule has 0 bridgehead atoms. The van der Waals surface area contributed by atoms with E-state index in [1.54, 1.807) is 14.2 Å². The minimum absolute atomic E-state index is 0. The number of nitrogens with zero attached hydrogens (tertiary/aromatic N) is 4. The molecular formula is C23H37IN6O2. The Kier molecular flexibility index (Phi) is 10.0. The molecule has 1 saturated carbocycles. The zero-order valence-electron chi connectivity index (χ0n) is 19.9. The van der Waals surface area contributed by atoms with Crippen molar-refractivity contribution in [3.63, 3.8) is 0 Å². The van der Waals surface area contributed by atoms with Crippen LogP contribution < -0.4 is 20.1 Å². The molecule has 0 saturated heterocycles. The van der Waals surface area contributed by atoms with Crippen molar-refractivity contribution in [1.82, 2.24) is 25.4 Å². The van der Waals surface area contributed by atoms with E-state index in [1.165, 1.54) is 24.8 Å². The number of guanidine groups is 1. The van der Waals surface area contributed by atoms with Gasteiger partial charge in [-0.2, -0.15) is 0 Å². The van der Waals surface area contributed by atoms with E-state index in [4.69, 9.17) is 14.5 Å². The standard InChI is InChI=1S/C23H36N6O2.HI/c1-6-24-22(25-15-21-28-27-17(2)29(21)3)26-16-23(12-8-7-9-13-23)18-10-11-19(30-4)20(14-18)31-5;/h10-11,14H,6-9,12-13,15-16H2,1-5H3,(H2,24,25,26);1H. The van der Waals surface area contributed by atoms with Crippen molar-refractivity contribution < 1.29 is 9.47 Å². The van der Waals surface area contributed by atoms with Gasteiger partial charge in [0, 0.05) is 25.6 Å². The van der Waals surface area contributed by atoms with Crippen molar-refractivity contribution in [3.05, 3.63) is 35.4 Å². The first kappa shape index (κ1) is 26.2. The normalized spacial score (nSPS) is 15.6. The molecule has 1 aliphatic carbocycles. The van der Waals surface area contributed by atoms with Gasteiger partial charge in [-0.3, -0.25) is 0 Å². The van der Waals surface area contributed by atoms with E-state index in [2.05, 4.69) is 39.9 Å². The molecule has 0 aliphatic heterocycles. The third kappa shape index (κ3) is 6.05. The molecule has 3 rings (SSSR count). The Morgan fingerprint density at radius 2 is 1.81 bits per heavy atom. The van der Waals surface area contributed by atoms with Crippen LogP contribution in [0.2, 0.25) is 0 Å². The van der Waals surface area contributed by atoms with E-state index < -0.39 is 0 Å². The summed E-state index contributed by atoms with van der Waals surface area (Å²) in [7, 11) is 5.33. The third-order valence-corrected chi connectivity index (χ3v) is 6.31. The van der Waals surface area contributed by atoms with Gasteiger partial charge in [0.2, 0.25) is 0 Å². The van der Waals surface area contributed by atoms with Crippen LogP contribution in [0.3, 0.4) is 0 Å². The van der Waals surface area contributed by atoms with E-state index in [0.29, 0.717) is 6.54 Å². The lowest BCUT2D eigenvalue weighted by Crippen LogP contribution is -2.46. The highest BCUT2D eigenvalue weighted by Crippen LogP contribution is 2.42. The largest absolute Gasteiger partial charge is 0.493 e. The quantitative estimate of drug-likeness (QED) is 0.293. The predicted octanol–water partition coefficient (Wildman–Crippen LogP) is 3.72. The van der Waals surface area contributed by atoms with E-state index in [-0.39, 0.29) is 29.4 Å². The highest BCUT2D eigenvalue weighted by molar-refractivity contribution is 14.0. The van der Waals surface area contributed by atoms with Crippen LogP contribution in [0.5, 0.6) is 11.5 Å². The summed E-state index contributed by atoms with van der Waals surface area (Å²) in [6.45, 7) is 6.11. The van der Waals surface area contributed by atoms with Crippen LogP contribution in [0.15, 0.2) is 23.2 Å². The van der Waals surface area contributed by atoms with Gasteiger partial charge in [0.05, 0.1) is 14.2 Å². The number of halogens is 1. The van der Waals surface area contributed by atoms with Crippen molar-refractivity contribution in [1.29, 1.82) is 0 Å². The monoisotopic (exact) mass is 556 g/mol. The fourth-order valence-corrected chi connectivity index (χ4v) is 4.30. The molecule has 0 radical (unpaired) electrons. The molecule has 2 N–H and O–H groups in total. The maximum atomic E-state index is 5.58. The molecule has 2 aromatic rings. The van der Waals surface area contributed by atoms with Crippen LogP contribution in [-0.4, -0.2) is 48.0 Å². The molecule has 178 valence electrons. The average molecular weight is 556 g/mol. The van der Waals surface area contributed by atoms with Gasteiger partial charge in [-0.05, 0) is 44.4 Å². The molecule has 1 aliphatic rings. The fraction of sp³-hybridized carbons (Fsp3) is 0.609. The zero-order valence-corrected chi connectivity index (χ0v) is 22.2. The number of aromatic nitrogens is 3. The highest BCUT2D eigenvalue weighted by atomic mass is 127. The molecule has 0 unspecified atom stereocenters. The molecule has 0 atom stereocenters.